The first-order chi connectivity index (χ1) is 10.1. The summed E-state index contributed by atoms with van der Waals surface area (Å²) in [6.07, 6.45) is 0.118. The third kappa shape index (κ3) is 5.53. The summed E-state index contributed by atoms with van der Waals surface area (Å²) in [6, 6.07) is -0.0852. The lowest BCUT2D eigenvalue weighted by molar-refractivity contribution is -0.171. The summed E-state index contributed by atoms with van der Waals surface area (Å²) in [5.41, 5.74) is -1.43. The molecular formula is C14H30N4O4. The number of nitrogens with two attached hydrogens (primary N) is 1. The second-order valence-electron chi connectivity index (χ2n) is 6.21. The molecule has 0 aromatic heterocycles. The van der Waals surface area contributed by atoms with Crippen molar-refractivity contribution in [2.45, 2.75) is 51.4 Å². The van der Waals surface area contributed by atoms with Gasteiger partial charge >= 0.3 is 11.9 Å². The van der Waals surface area contributed by atoms with E-state index in [4.69, 9.17) is 10.6 Å². The molecule has 0 heterocycles. The van der Waals surface area contributed by atoms with Crippen LogP contribution >= 0.6 is 0 Å². The molecule has 0 bridgehead atoms. The Morgan fingerprint density at radius 3 is 1.91 bits per heavy atom. The highest BCUT2D eigenvalue weighted by atomic mass is 16.7. The van der Waals surface area contributed by atoms with Crippen LogP contribution in [-0.2, 0) is 19.2 Å². The summed E-state index contributed by atoms with van der Waals surface area (Å²) >= 11 is 0. The molecule has 0 saturated carbocycles. The first-order valence-electron chi connectivity index (χ1n) is 7.25. The lowest BCUT2D eigenvalue weighted by atomic mass is 9.89. The van der Waals surface area contributed by atoms with Crippen molar-refractivity contribution in [3.63, 3.8) is 0 Å². The van der Waals surface area contributed by atoms with E-state index in [-0.39, 0.29) is 12.5 Å². The molecule has 22 heavy (non-hydrogen) atoms. The average molecular weight is 318 g/mol. The molecule has 0 aromatic carbocycles. The molecule has 5 N–H and O–H groups in total. The summed E-state index contributed by atoms with van der Waals surface area (Å²) < 4.78 is 5.30. The molecule has 0 rings (SSSR count). The number of likely N-dealkylation sites (N-methyl/N-ethyl adjacent to an activating group) is 3. The molecule has 2 atom stereocenters. The van der Waals surface area contributed by atoms with Crippen LogP contribution in [-0.4, -0.2) is 50.4 Å². The van der Waals surface area contributed by atoms with Crippen LogP contribution in [0.25, 0.3) is 0 Å². The van der Waals surface area contributed by atoms with Crippen molar-refractivity contribution in [1.29, 1.82) is 0 Å². The van der Waals surface area contributed by atoms with Gasteiger partial charge in [-0.15, -0.1) is 0 Å². The molecule has 0 aliphatic carbocycles. The Kier molecular flexibility index (Phi) is 7.96. The van der Waals surface area contributed by atoms with E-state index >= 15 is 0 Å². The van der Waals surface area contributed by atoms with Crippen LogP contribution in [0.2, 0.25) is 0 Å². The van der Waals surface area contributed by atoms with Gasteiger partial charge in [0.2, 0.25) is 0 Å². The molecule has 0 aromatic rings. The van der Waals surface area contributed by atoms with Crippen molar-refractivity contribution in [1.82, 2.24) is 16.0 Å². The number of ether oxygens (including phenoxy) is 1. The molecular weight excluding hydrogens is 288 g/mol. The minimum absolute atomic E-state index is 0.0852. The Labute approximate surface area is 132 Å². The first kappa shape index (κ1) is 20.8. The Balaban J connectivity index is 5.44. The van der Waals surface area contributed by atoms with Crippen molar-refractivity contribution in [2.75, 3.05) is 21.1 Å². The van der Waals surface area contributed by atoms with Crippen LogP contribution in [0.4, 0.5) is 0 Å². The van der Waals surface area contributed by atoms with Gasteiger partial charge in [0, 0.05) is 12.5 Å². The van der Waals surface area contributed by atoms with E-state index in [1.807, 2.05) is 6.92 Å². The quantitative estimate of drug-likeness (QED) is 0.205. The summed E-state index contributed by atoms with van der Waals surface area (Å²) in [4.78, 5) is 28.5. The van der Waals surface area contributed by atoms with Crippen LogP contribution in [0.1, 0.15) is 34.1 Å². The zero-order valence-electron chi connectivity index (χ0n) is 14.6. The number of nitrogens with one attached hydrogen (secondary N) is 3. The lowest BCUT2D eigenvalue weighted by Gasteiger charge is -2.40. The smallest absolute Gasteiger partial charge is 0.338 e. The number of hydrogen-bond acceptors (Lipinski definition) is 8. The molecule has 8 nitrogen and oxygen atoms in total. The van der Waals surface area contributed by atoms with Crippen molar-refractivity contribution in [2.24, 2.45) is 11.8 Å². The summed E-state index contributed by atoms with van der Waals surface area (Å²) in [6.45, 7) is 7.12. The zero-order chi connectivity index (χ0) is 17.6. The molecule has 0 saturated heterocycles. The number of carbonyl (C=O) groups excluding carboxylic acids is 2. The first-order valence-corrected chi connectivity index (χ1v) is 7.25. The zero-order valence-corrected chi connectivity index (χ0v) is 14.6. The van der Waals surface area contributed by atoms with Gasteiger partial charge in [0.1, 0.15) is 5.60 Å². The van der Waals surface area contributed by atoms with Crippen molar-refractivity contribution < 1.29 is 19.2 Å². The van der Waals surface area contributed by atoms with Crippen molar-refractivity contribution >= 4 is 11.9 Å². The monoisotopic (exact) mass is 318 g/mol. The number of hydrogen-bond donors (Lipinski definition) is 4. The molecule has 0 spiro atoms. The van der Waals surface area contributed by atoms with Crippen molar-refractivity contribution in [3.8, 4) is 0 Å². The average Bonchev–Trinajstić information content (AvgIpc) is 2.45. The van der Waals surface area contributed by atoms with E-state index in [0.29, 0.717) is 0 Å². The molecule has 0 amide bonds. The summed E-state index contributed by atoms with van der Waals surface area (Å²) in [7, 11) is 5.27. The van der Waals surface area contributed by atoms with Crippen LogP contribution < -0.4 is 21.8 Å². The molecule has 0 aliphatic heterocycles. The van der Waals surface area contributed by atoms with Gasteiger partial charge in [0.25, 0.3) is 0 Å². The van der Waals surface area contributed by atoms with Crippen LogP contribution in [0.3, 0.4) is 0 Å². The summed E-state index contributed by atoms with van der Waals surface area (Å²) in [5, 5.41) is 9.32. The van der Waals surface area contributed by atoms with Gasteiger partial charge in [-0.3, -0.25) is 4.79 Å². The molecule has 0 aliphatic rings. The van der Waals surface area contributed by atoms with E-state index < -0.39 is 29.1 Å². The van der Waals surface area contributed by atoms with Gasteiger partial charge in [-0.25, -0.2) is 4.79 Å². The molecule has 8 heteroatoms. The SMILES string of the molecule is CNC(C)C(CC(C(=O)ON)C(=O)OC(C)(C)C)(NC)NC. The van der Waals surface area contributed by atoms with Crippen molar-refractivity contribution in [3.05, 3.63) is 0 Å². The molecule has 0 radical (unpaired) electrons. The minimum Gasteiger partial charge on any atom is -0.459 e. The minimum atomic E-state index is -1.14. The number of esters is 1. The van der Waals surface area contributed by atoms with Gasteiger partial charge in [-0.2, -0.15) is 5.90 Å². The van der Waals surface area contributed by atoms with Crippen LogP contribution in [0.5, 0.6) is 0 Å². The Bertz CT molecular complexity index is 378. The van der Waals surface area contributed by atoms with Gasteiger partial charge in [0.15, 0.2) is 5.92 Å². The highest BCUT2D eigenvalue weighted by Gasteiger charge is 2.42. The van der Waals surface area contributed by atoms with E-state index in [1.54, 1.807) is 41.9 Å². The standard InChI is InChI=1S/C14H30N4O4/c1-9(16-5)14(17-6,18-7)8-10(12(20)22-15)11(19)21-13(2,3)4/h9-10,16-18H,8,15H2,1-7H3. The fourth-order valence-electron chi connectivity index (χ4n) is 2.23. The van der Waals surface area contributed by atoms with E-state index in [1.165, 1.54) is 0 Å². The van der Waals surface area contributed by atoms with Gasteiger partial charge in [0.05, 0.1) is 5.66 Å². The maximum Gasteiger partial charge on any atom is 0.338 e. The fraction of sp³-hybridized carbons (Fsp3) is 0.857. The van der Waals surface area contributed by atoms with Gasteiger partial charge < -0.3 is 25.5 Å². The lowest BCUT2D eigenvalue weighted by Crippen LogP contribution is -2.66. The third-order valence-electron chi connectivity index (χ3n) is 3.68. The summed E-state index contributed by atoms with van der Waals surface area (Å²) in [5.74, 6) is 2.34. The van der Waals surface area contributed by atoms with Crippen LogP contribution in [0, 0.1) is 5.92 Å². The van der Waals surface area contributed by atoms with Crippen LogP contribution in [0.15, 0.2) is 0 Å². The predicted octanol–water partition coefficient (Wildman–Crippen LogP) is -0.506. The van der Waals surface area contributed by atoms with E-state index in [9.17, 15) is 9.59 Å². The Hall–Kier alpha value is -1.22. The highest BCUT2D eigenvalue weighted by molar-refractivity contribution is 5.95. The maximum atomic E-state index is 12.3. The van der Waals surface area contributed by atoms with E-state index in [2.05, 4.69) is 20.8 Å². The van der Waals surface area contributed by atoms with Gasteiger partial charge in [-0.1, -0.05) is 0 Å². The second kappa shape index (κ2) is 8.42. The number of rotatable bonds is 8. The molecule has 130 valence electrons. The normalized spacial score (nSPS) is 15.1. The predicted molar refractivity (Wildman–Crippen MR) is 83.6 cm³/mol. The highest BCUT2D eigenvalue weighted by Crippen LogP contribution is 2.22. The second-order valence-corrected chi connectivity index (χ2v) is 6.21. The maximum absolute atomic E-state index is 12.3. The number of carbonyl (C=O) groups is 2. The fourth-order valence-corrected chi connectivity index (χ4v) is 2.23. The Morgan fingerprint density at radius 2 is 1.59 bits per heavy atom. The molecule has 2 unspecified atom stereocenters. The largest absolute Gasteiger partial charge is 0.459 e. The van der Waals surface area contributed by atoms with E-state index in [0.717, 1.165) is 0 Å². The Morgan fingerprint density at radius 1 is 1.09 bits per heavy atom. The topological polar surface area (TPSA) is 115 Å². The van der Waals surface area contributed by atoms with Gasteiger partial charge in [-0.05, 0) is 48.8 Å². The molecule has 0 fully saturated rings. The third-order valence-corrected chi connectivity index (χ3v) is 3.68.